The molecule has 0 radical (unpaired) electrons. The minimum absolute atomic E-state index is 0.329. The number of carbonyl (C=O) groups is 2. The Hall–Kier alpha value is -1.26. The van der Waals surface area contributed by atoms with Crippen molar-refractivity contribution in [1.29, 1.82) is 0 Å². The maximum atomic E-state index is 12.4. The van der Waals surface area contributed by atoms with E-state index >= 15 is 0 Å². The number of amides is 1. The van der Waals surface area contributed by atoms with E-state index in [0.717, 1.165) is 0 Å². The van der Waals surface area contributed by atoms with Gasteiger partial charge >= 0.3 is 12.1 Å². The van der Waals surface area contributed by atoms with Gasteiger partial charge in [-0.3, -0.25) is 4.90 Å². The van der Waals surface area contributed by atoms with E-state index in [1.807, 2.05) is 20.8 Å². The lowest BCUT2D eigenvalue weighted by atomic mass is 9.79. The first-order chi connectivity index (χ1) is 10.3. The third-order valence-electron chi connectivity index (χ3n) is 4.75. The fourth-order valence-corrected chi connectivity index (χ4v) is 3.70. The first kappa shape index (κ1) is 17.1. The van der Waals surface area contributed by atoms with Crippen molar-refractivity contribution in [3.8, 4) is 0 Å². The topological polar surface area (TPSA) is 55.8 Å². The van der Waals surface area contributed by atoms with E-state index in [-0.39, 0.29) is 5.97 Å². The van der Waals surface area contributed by atoms with Gasteiger partial charge in [0, 0.05) is 6.54 Å². The molecule has 126 valence electrons. The van der Waals surface area contributed by atoms with Gasteiger partial charge in [0.05, 0.1) is 7.11 Å². The van der Waals surface area contributed by atoms with Crippen molar-refractivity contribution >= 4 is 12.1 Å². The number of esters is 1. The predicted molar refractivity (Wildman–Crippen MR) is 83.4 cm³/mol. The van der Waals surface area contributed by atoms with Crippen LogP contribution in [0.1, 0.15) is 59.3 Å². The summed E-state index contributed by atoms with van der Waals surface area (Å²) in [6, 6.07) is -0.494. The van der Waals surface area contributed by atoms with E-state index in [1.165, 1.54) is 39.2 Å². The van der Waals surface area contributed by atoms with Crippen LogP contribution in [0.5, 0.6) is 0 Å². The van der Waals surface area contributed by atoms with Gasteiger partial charge in [-0.1, -0.05) is 32.1 Å². The molecule has 1 amide bonds. The van der Waals surface area contributed by atoms with Crippen molar-refractivity contribution in [2.75, 3.05) is 13.7 Å². The highest BCUT2D eigenvalue weighted by molar-refractivity contribution is 5.82. The molecular weight excluding hydrogens is 282 g/mol. The number of rotatable bonds is 2. The van der Waals surface area contributed by atoms with Crippen LogP contribution in [0, 0.1) is 11.8 Å². The van der Waals surface area contributed by atoms with Crippen LogP contribution in [0.2, 0.25) is 0 Å². The second-order valence-electron chi connectivity index (χ2n) is 7.57. The largest absolute Gasteiger partial charge is 0.467 e. The first-order valence-corrected chi connectivity index (χ1v) is 8.39. The highest BCUT2D eigenvalue weighted by atomic mass is 16.6. The van der Waals surface area contributed by atoms with Crippen molar-refractivity contribution in [1.82, 2.24) is 4.90 Å². The average molecular weight is 311 g/mol. The third kappa shape index (κ3) is 4.14. The molecule has 2 atom stereocenters. The van der Waals surface area contributed by atoms with Crippen molar-refractivity contribution in [3.63, 3.8) is 0 Å². The molecule has 0 aromatic rings. The van der Waals surface area contributed by atoms with Gasteiger partial charge in [0.1, 0.15) is 11.6 Å². The molecule has 1 aliphatic carbocycles. The quantitative estimate of drug-likeness (QED) is 0.734. The fraction of sp³-hybridized carbons (Fsp3) is 0.882. The highest BCUT2D eigenvalue weighted by Gasteiger charge is 2.44. The molecule has 0 aromatic heterocycles. The zero-order valence-corrected chi connectivity index (χ0v) is 14.3. The van der Waals surface area contributed by atoms with Gasteiger partial charge in [0.2, 0.25) is 0 Å². The molecule has 0 bridgehead atoms. The smallest absolute Gasteiger partial charge is 0.411 e. The number of nitrogens with zero attached hydrogens (tertiary/aromatic N) is 1. The Morgan fingerprint density at radius 1 is 1.05 bits per heavy atom. The van der Waals surface area contributed by atoms with Gasteiger partial charge in [-0.15, -0.1) is 0 Å². The molecule has 1 unspecified atom stereocenters. The molecule has 5 heteroatoms. The summed E-state index contributed by atoms with van der Waals surface area (Å²) in [5.74, 6) is 0.675. The van der Waals surface area contributed by atoms with E-state index in [2.05, 4.69) is 0 Å². The van der Waals surface area contributed by atoms with Crippen LogP contribution in [0.3, 0.4) is 0 Å². The molecule has 0 N–H and O–H groups in total. The average Bonchev–Trinajstić information content (AvgIpc) is 2.91. The summed E-state index contributed by atoms with van der Waals surface area (Å²) in [7, 11) is 1.38. The lowest BCUT2D eigenvalue weighted by molar-refractivity contribution is -0.145. The van der Waals surface area contributed by atoms with Crippen LogP contribution in [-0.2, 0) is 14.3 Å². The van der Waals surface area contributed by atoms with Crippen LogP contribution >= 0.6 is 0 Å². The lowest BCUT2D eigenvalue weighted by Gasteiger charge is -2.28. The molecule has 1 aliphatic heterocycles. The van der Waals surface area contributed by atoms with Crippen molar-refractivity contribution in [3.05, 3.63) is 0 Å². The normalized spacial score (nSPS) is 26.8. The molecule has 2 fully saturated rings. The van der Waals surface area contributed by atoms with E-state index in [0.29, 0.717) is 24.8 Å². The van der Waals surface area contributed by atoms with Crippen molar-refractivity contribution in [2.24, 2.45) is 11.8 Å². The number of ether oxygens (including phenoxy) is 2. The molecule has 0 aromatic carbocycles. The number of hydrogen-bond donors (Lipinski definition) is 0. The van der Waals surface area contributed by atoms with Crippen molar-refractivity contribution in [2.45, 2.75) is 70.9 Å². The Morgan fingerprint density at radius 2 is 1.68 bits per heavy atom. The van der Waals surface area contributed by atoms with Crippen LogP contribution in [0.25, 0.3) is 0 Å². The fourth-order valence-electron chi connectivity index (χ4n) is 3.70. The second-order valence-corrected chi connectivity index (χ2v) is 7.57. The number of hydrogen-bond acceptors (Lipinski definition) is 4. The first-order valence-electron chi connectivity index (χ1n) is 8.39. The number of methoxy groups -OCH3 is 1. The summed E-state index contributed by atoms with van der Waals surface area (Å²) < 4.78 is 10.4. The second kappa shape index (κ2) is 6.88. The van der Waals surface area contributed by atoms with Crippen LogP contribution in [-0.4, -0.2) is 42.3 Å². The Kier molecular flexibility index (Phi) is 5.35. The van der Waals surface area contributed by atoms with Gasteiger partial charge in [-0.05, 0) is 39.0 Å². The molecule has 2 rings (SSSR count). The third-order valence-corrected chi connectivity index (χ3v) is 4.75. The minimum atomic E-state index is -0.555. The predicted octanol–water partition coefficient (Wildman–Crippen LogP) is 3.37. The number of carbonyl (C=O) groups excluding carboxylic acids is 2. The van der Waals surface area contributed by atoms with Crippen LogP contribution in [0.4, 0.5) is 4.79 Å². The van der Waals surface area contributed by atoms with E-state index in [4.69, 9.17) is 9.47 Å². The zero-order chi connectivity index (χ0) is 16.3. The monoisotopic (exact) mass is 311 g/mol. The molecule has 5 nitrogen and oxygen atoms in total. The van der Waals surface area contributed by atoms with Crippen LogP contribution < -0.4 is 0 Å². The molecule has 1 saturated heterocycles. The summed E-state index contributed by atoms with van der Waals surface area (Å²) in [5, 5.41) is 0. The summed E-state index contributed by atoms with van der Waals surface area (Å²) in [5.41, 5.74) is -0.555. The molecule has 2 aliphatic rings. The van der Waals surface area contributed by atoms with E-state index in [9.17, 15) is 9.59 Å². The summed E-state index contributed by atoms with van der Waals surface area (Å²) in [6.45, 7) is 6.13. The van der Waals surface area contributed by atoms with Gasteiger partial charge in [-0.25, -0.2) is 9.59 Å². The van der Waals surface area contributed by atoms with Gasteiger partial charge < -0.3 is 9.47 Å². The Balaban J connectivity index is 2.07. The summed E-state index contributed by atoms with van der Waals surface area (Å²) in [6.07, 6.45) is 6.55. The molecular formula is C17H29NO4. The summed E-state index contributed by atoms with van der Waals surface area (Å²) >= 11 is 0. The Morgan fingerprint density at radius 3 is 2.23 bits per heavy atom. The zero-order valence-electron chi connectivity index (χ0n) is 14.3. The molecule has 1 heterocycles. The molecule has 1 saturated carbocycles. The highest BCUT2D eigenvalue weighted by Crippen LogP contribution is 2.38. The standard InChI is InChI=1S/C17H29NO4/c1-17(2,3)22-16(20)18-11-13(10-14(18)15(19)21-4)12-8-6-5-7-9-12/h12-14H,5-11H2,1-4H3/t13?,14-/m0/s1. The van der Waals surface area contributed by atoms with Crippen LogP contribution in [0.15, 0.2) is 0 Å². The Bertz CT molecular complexity index is 409. The molecule has 22 heavy (non-hydrogen) atoms. The van der Waals surface area contributed by atoms with Gasteiger partial charge in [-0.2, -0.15) is 0 Å². The SMILES string of the molecule is COC(=O)[C@@H]1CC(C2CCCCC2)CN1C(=O)OC(C)(C)C. The van der Waals surface area contributed by atoms with Gasteiger partial charge in [0.15, 0.2) is 0 Å². The Labute approximate surface area is 133 Å². The van der Waals surface area contributed by atoms with Gasteiger partial charge in [0.25, 0.3) is 0 Å². The van der Waals surface area contributed by atoms with Crippen molar-refractivity contribution < 1.29 is 19.1 Å². The van der Waals surface area contributed by atoms with E-state index < -0.39 is 17.7 Å². The minimum Gasteiger partial charge on any atom is -0.467 e. The molecule has 0 spiro atoms. The summed E-state index contributed by atoms with van der Waals surface area (Å²) in [4.78, 5) is 26.0. The maximum Gasteiger partial charge on any atom is 0.411 e. The maximum absolute atomic E-state index is 12.4. The number of likely N-dealkylation sites (tertiary alicyclic amines) is 1. The van der Waals surface area contributed by atoms with E-state index in [1.54, 1.807) is 4.90 Å². The lowest BCUT2D eigenvalue weighted by Crippen LogP contribution is -2.43.